The van der Waals surface area contributed by atoms with E-state index >= 15 is 0 Å². The lowest BCUT2D eigenvalue weighted by Crippen LogP contribution is -2.28. The highest BCUT2D eigenvalue weighted by atomic mass is 16.6. The van der Waals surface area contributed by atoms with Gasteiger partial charge in [0.25, 0.3) is 0 Å². The van der Waals surface area contributed by atoms with Crippen LogP contribution in [0.4, 0.5) is 0 Å². The van der Waals surface area contributed by atoms with Gasteiger partial charge in [-0.1, -0.05) is 0 Å². The molecule has 0 heterocycles. The topological polar surface area (TPSA) is 102 Å². The smallest absolute Gasteiger partial charge is 0.128 e. The number of nitrogens with two attached hydrogens (primary N) is 1. The van der Waals surface area contributed by atoms with Crippen molar-refractivity contribution in [3.05, 3.63) is 0 Å². The summed E-state index contributed by atoms with van der Waals surface area (Å²) in [6, 6.07) is 0. The molecule has 0 aromatic rings. The fraction of sp³-hybridized carbons (Fsp3) is 1.00. The molecular formula is C13H29NO7. The van der Waals surface area contributed by atoms with Gasteiger partial charge >= 0.3 is 0 Å². The molecule has 0 aliphatic heterocycles. The van der Waals surface area contributed by atoms with Crippen LogP contribution < -0.4 is 5.73 Å². The molecule has 21 heavy (non-hydrogen) atoms. The van der Waals surface area contributed by atoms with E-state index in [2.05, 4.69) is 0 Å². The Balaban J connectivity index is 2.96. The maximum absolute atomic E-state index is 8.48. The minimum atomic E-state index is -0.387. The first kappa shape index (κ1) is 20.7. The highest BCUT2D eigenvalue weighted by Crippen LogP contribution is 1.85. The van der Waals surface area contributed by atoms with Crippen LogP contribution in [0.2, 0.25) is 0 Å². The average molecular weight is 311 g/mol. The summed E-state index contributed by atoms with van der Waals surface area (Å²) in [6.45, 7) is 4.76. The lowest BCUT2D eigenvalue weighted by atomic mass is 10.6. The van der Waals surface area contributed by atoms with E-state index in [0.29, 0.717) is 66.1 Å². The monoisotopic (exact) mass is 311 g/mol. The maximum atomic E-state index is 8.48. The van der Waals surface area contributed by atoms with Crippen molar-refractivity contribution in [2.45, 2.75) is 6.23 Å². The zero-order chi connectivity index (χ0) is 15.6. The summed E-state index contributed by atoms with van der Waals surface area (Å²) in [5.74, 6) is 0. The van der Waals surface area contributed by atoms with E-state index in [-0.39, 0.29) is 12.8 Å². The van der Waals surface area contributed by atoms with Crippen molar-refractivity contribution in [2.75, 3.05) is 79.8 Å². The van der Waals surface area contributed by atoms with Gasteiger partial charge in [-0.2, -0.15) is 0 Å². The number of rotatable bonds is 17. The molecule has 1 unspecified atom stereocenters. The predicted molar refractivity (Wildman–Crippen MR) is 76.2 cm³/mol. The normalized spacial score (nSPS) is 12.7. The highest BCUT2D eigenvalue weighted by molar-refractivity contribution is 4.42. The lowest BCUT2D eigenvalue weighted by Gasteiger charge is -2.10. The molecular weight excluding hydrogens is 282 g/mol. The van der Waals surface area contributed by atoms with E-state index in [9.17, 15) is 0 Å². The van der Waals surface area contributed by atoms with Gasteiger partial charge in [-0.15, -0.1) is 0 Å². The van der Waals surface area contributed by atoms with Crippen molar-refractivity contribution < 1.29 is 33.5 Å². The van der Waals surface area contributed by atoms with Gasteiger partial charge in [-0.3, -0.25) is 0 Å². The third-order valence-corrected chi connectivity index (χ3v) is 2.31. The van der Waals surface area contributed by atoms with Gasteiger partial charge < -0.3 is 39.3 Å². The summed E-state index contributed by atoms with van der Waals surface area (Å²) in [5, 5.41) is 8.48. The van der Waals surface area contributed by atoms with E-state index in [1.165, 1.54) is 7.11 Å². The molecule has 3 N–H and O–H groups in total. The molecule has 0 rings (SSSR count). The minimum absolute atomic E-state index is 0.0351. The van der Waals surface area contributed by atoms with Crippen molar-refractivity contribution in [1.82, 2.24) is 0 Å². The molecule has 8 heteroatoms. The number of aliphatic hydroxyl groups is 1. The van der Waals surface area contributed by atoms with Gasteiger partial charge in [0.2, 0.25) is 0 Å². The van der Waals surface area contributed by atoms with Crippen molar-refractivity contribution in [1.29, 1.82) is 0 Å². The number of ether oxygens (including phenoxy) is 6. The average Bonchev–Trinajstić information content (AvgIpc) is 2.50. The molecule has 0 saturated carbocycles. The number of methoxy groups -OCH3 is 1. The first-order valence-electron chi connectivity index (χ1n) is 7.09. The molecule has 0 aromatic carbocycles. The summed E-state index contributed by atoms with van der Waals surface area (Å²) < 4.78 is 31.0. The second kappa shape index (κ2) is 17.7. The van der Waals surface area contributed by atoms with Crippen molar-refractivity contribution in [3.63, 3.8) is 0 Å². The Morgan fingerprint density at radius 3 is 1.48 bits per heavy atom. The molecule has 0 spiro atoms. The number of hydrogen-bond donors (Lipinski definition) is 2. The van der Waals surface area contributed by atoms with E-state index in [4.69, 9.17) is 39.3 Å². The largest absolute Gasteiger partial charge is 0.394 e. The van der Waals surface area contributed by atoms with Crippen LogP contribution >= 0.6 is 0 Å². The Morgan fingerprint density at radius 2 is 1.10 bits per heavy atom. The van der Waals surface area contributed by atoms with Crippen LogP contribution in [-0.2, 0) is 28.4 Å². The molecule has 1 atom stereocenters. The third-order valence-electron chi connectivity index (χ3n) is 2.31. The van der Waals surface area contributed by atoms with Gasteiger partial charge in [0.05, 0.1) is 72.7 Å². The summed E-state index contributed by atoms with van der Waals surface area (Å²) in [4.78, 5) is 0. The van der Waals surface area contributed by atoms with Gasteiger partial charge in [0.1, 0.15) is 6.23 Å². The summed E-state index contributed by atoms with van der Waals surface area (Å²) >= 11 is 0. The predicted octanol–water partition coefficient (Wildman–Crippen LogP) is -1.01. The molecule has 0 bridgehead atoms. The van der Waals surface area contributed by atoms with Crippen LogP contribution in [0.3, 0.4) is 0 Å². The second-order valence-electron chi connectivity index (χ2n) is 4.02. The molecule has 0 saturated heterocycles. The van der Waals surface area contributed by atoms with E-state index in [1.54, 1.807) is 0 Å². The Hall–Kier alpha value is -0.320. The SMILES string of the molecule is COC(N)COCCOCCOCCOCCOCCO. The van der Waals surface area contributed by atoms with Gasteiger partial charge in [0, 0.05) is 7.11 Å². The molecule has 0 amide bonds. The van der Waals surface area contributed by atoms with E-state index in [0.717, 1.165) is 0 Å². The highest BCUT2D eigenvalue weighted by Gasteiger charge is 1.98. The van der Waals surface area contributed by atoms with Crippen molar-refractivity contribution >= 4 is 0 Å². The lowest BCUT2D eigenvalue weighted by molar-refractivity contribution is -0.0274. The zero-order valence-corrected chi connectivity index (χ0v) is 12.8. The van der Waals surface area contributed by atoms with Gasteiger partial charge in [-0.25, -0.2) is 0 Å². The Morgan fingerprint density at radius 1 is 0.714 bits per heavy atom. The van der Waals surface area contributed by atoms with E-state index < -0.39 is 0 Å². The molecule has 0 aromatic heterocycles. The van der Waals surface area contributed by atoms with Crippen LogP contribution in [0.15, 0.2) is 0 Å². The second-order valence-corrected chi connectivity index (χ2v) is 4.02. The van der Waals surface area contributed by atoms with Crippen LogP contribution in [0.25, 0.3) is 0 Å². The first-order valence-corrected chi connectivity index (χ1v) is 7.09. The molecule has 8 nitrogen and oxygen atoms in total. The maximum Gasteiger partial charge on any atom is 0.128 e. The standard InChI is InChI=1S/C13H29NO7/c1-16-13(14)12-21-11-10-20-9-8-19-7-6-18-5-4-17-3-2-15/h13,15H,2-12,14H2,1H3. The number of hydrogen-bond acceptors (Lipinski definition) is 8. The van der Waals surface area contributed by atoms with Crippen LogP contribution in [0, 0.1) is 0 Å². The fourth-order valence-electron chi connectivity index (χ4n) is 1.21. The Bertz CT molecular complexity index is 197. The Kier molecular flexibility index (Phi) is 17.5. The van der Waals surface area contributed by atoms with Crippen molar-refractivity contribution in [3.8, 4) is 0 Å². The van der Waals surface area contributed by atoms with E-state index in [1.807, 2.05) is 0 Å². The molecule has 128 valence electrons. The fourth-order valence-corrected chi connectivity index (χ4v) is 1.21. The van der Waals surface area contributed by atoms with Crippen molar-refractivity contribution in [2.24, 2.45) is 5.73 Å². The Labute approximate surface area is 126 Å². The van der Waals surface area contributed by atoms with Crippen LogP contribution in [-0.4, -0.2) is 91.1 Å². The first-order chi connectivity index (χ1) is 10.3. The zero-order valence-electron chi connectivity index (χ0n) is 12.8. The molecule has 0 radical (unpaired) electrons. The molecule has 0 fully saturated rings. The quantitative estimate of drug-likeness (QED) is 0.260. The molecule has 0 aliphatic rings. The minimum Gasteiger partial charge on any atom is -0.394 e. The van der Waals surface area contributed by atoms with Gasteiger partial charge in [-0.05, 0) is 0 Å². The summed E-state index contributed by atoms with van der Waals surface area (Å²) in [7, 11) is 1.54. The summed E-state index contributed by atoms with van der Waals surface area (Å²) in [6.07, 6.45) is -0.387. The number of aliphatic hydroxyl groups excluding tert-OH is 1. The van der Waals surface area contributed by atoms with Crippen LogP contribution in [0.1, 0.15) is 0 Å². The third kappa shape index (κ3) is 17.6. The van der Waals surface area contributed by atoms with Gasteiger partial charge in [0.15, 0.2) is 0 Å². The van der Waals surface area contributed by atoms with Crippen LogP contribution in [0.5, 0.6) is 0 Å². The summed E-state index contributed by atoms with van der Waals surface area (Å²) in [5.41, 5.74) is 5.49. The molecule has 0 aliphatic carbocycles.